The number of aliphatic hydroxyl groups is 1. The predicted octanol–water partition coefficient (Wildman–Crippen LogP) is 4.92. The summed E-state index contributed by atoms with van der Waals surface area (Å²) in [6, 6.07) is 0. The van der Waals surface area contributed by atoms with Crippen LogP contribution in [0.2, 0.25) is 0 Å². The summed E-state index contributed by atoms with van der Waals surface area (Å²) in [5.74, 6) is 0. The van der Waals surface area contributed by atoms with Crippen molar-refractivity contribution in [2.75, 3.05) is 7.11 Å². The molecule has 1 aliphatic carbocycles. The summed E-state index contributed by atoms with van der Waals surface area (Å²) in [5, 5.41) is 7.00. The van der Waals surface area contributed by atoms with Crippen molar-refractivity contribution in [1.82, 2.24) is 0 Å². The van der Waals surface area contributed by atoms with Crippen molar-refractivity contribution >= 4 is 7.25 Å². The standard InChI is InChI=1S/C12H18.CH4O.BF4.Cu/c1-2-4-6-8-10-12-11-9-7-5-3-1;1-2;2-1(3,4)5;/h1-2,7-10H,3-6,11-12H2;2H,1H3;;/q;;-1;+1/b2-1-,9-7-,10-8-;;;. The Morgan fingerprint density at radius 3 is 0.800 bits per heavy atom. The van der Waals surface area contributed by atoms with Crippen LogP contribution in [0.1, 0.15) is 38.5 Å². The van der Waals surface area contributed by atoms with E-state index < -0.39 is 7.25 Å². The summed E-state index contributed by atoms with van der Waals surface area (Å²) >= 11 is 0. The fourth-order valence-corrected chi connectivity index (χ4v) is 1.28. The van der Waals surface area contributed by atoms with Gasteiger partial charge in [0.1, 0.15) is 0 Å². The van der Waals surface area contributed by atoms with Crippen molar-refractivity contribution in [3.63, 3.8) is 0 Å². The molecular weight excluding hydrogens is 322 g/mol. The van der Waals surface area contributed by atoms with E-state index in [1.54, 1.807) is 0 Å². The van der Waals surface area contributed by atoms with Crippen LogP contribution in [-0.2, 0) is 17.1 Å². The van der Waals surface area contributed by atoms with Crippen LogP contribution < -0.4 is 0 Å². The molecule has 0 atom stereocenters. The van der Waals surface area contributed by atoms with E-state index in [0.717, 1.165) is 7.11 Å². The van der Waals surface area contributed by atoms with Crippen molar-refractivity contribution < 1.29 is 39.4 Å². The van der Waals surface area contributed by atoms with Crippen LogP contribution in [0.3, 0.4) is 0 Å². The van der Waals surface area contributed by atoms with E-state index in [1.807, 2.05) is 0 Å². The van der Waals surface area contributed by atoms with Gasteiger partial charge in [0, 0.05) is 7.11 Å². The Morgan fingerprint density at radius 2 is 0.700 bits per heavy atom. The maximum absolute atomic E-state index is 9.75. The van der Waals surface area contributed by atoms with Gasteiger partial charge in [0.05, 0.1) is 0 Å². The third-order valence-corrected chi connectivity index (χ3v) is 2.00. The van der Waals surface area contributed by atoms with Gasteiger partial charge in [-0.2, -0.15) is 0 Å². The molecule has 7 heteroatoms. The predicted molar refractivity (Wildman–Crippen MR) is 73.5 cm³/mol. The van der Waals surface area contributed by atoms with Gasteiger partial charge in [0.15, 0.2) is 0 Å². The van der Waals surface area contributed by atoms with Crippen molar-refractivity contribution in [3.05, 3.63) is 36.5 Å². The zero-order chi connectivity index (χ0) is 15.0. The molecule has 0 saturated carbocycles. The second-order valence-corrected chi connectivity index (χ2v) is 3.64. The van der Waals surface area contributed by atoms with Crippen LogP contribution in [0, 0.1) is 0 Å². The van der Waals surface area contributed by atoms with E-state index in [1.165, 1.54) is 38.5 Å². The molecule has 0 unspecified atom stereocenters. The van der Waals surface area contributed by atoms with Gasteiger partial charge >= 0.3 is 24.3 Å². The molecule has 1 rings (SSSR count). The normalized spacial score (nSPS) is 20.1. The molecule has 0 radical (unpaired) electrons. The van der Waals surface area contributed by atoms with E-state index in [9.17, 15) is 17.3 Å². The first-order valence-corrected chi connectivity index (χ1v) is 6.27. The Hall–Kier alpha value is -0.516. The molecule has 1 nitrogen and oxygen atoms in total. The molecule has 0 fully saturated rings. The Morgan fingerprint density at radius 1 is 0.600 bits per heavy atom. The summed E-state index contributed by atoms with van der Waals surface area (Å²) in [7, 11) is -5.00. The molecule has 0 saturated heterocycles. The molecule has 0 bridgehead atoms. The Bertz CT molecular complexity index is 208. The largest absolute Gasteiger partial charge is 1.00 e. The van der Waals surface area contributed by atoms with E-state index in [0.29, 0.717) is 0 Å². The number of rotatable bonds is 0. The molecule has 0 aliphatic heterocycles. The monoisotopic (exact) mass is 344 g/mol. The third kappa shape index (κ3) is 36.0. The summed E-state index contributed by atoms with van der Waals surface area (Å²) in [4.78, 5) is 0. The molecule has 0 amide bonds. The molecule has 1 N–H and O–H groups in total. The van der Waals surface area contributed by atoms with E-state index >= 15 is 0 Å². The number of allylic oxidation sites excluding steroid dienone is 6. The van der Waals surface area contributed by atoms with Crippen LogP contribution in [0.5, 0.6) is 0 Å². The van der Waals surface area contributed by atoms with Crippen molar-refractivity contribution in [1.29, 1.82) is 0 Å². The van der Waals surface area contributed by atoms with Gasteiger partial charge in [-0.1, -0.05) is 36.5 Å². The minimum atomic E-state index is -6.00. The van der Waals surface area contributed by atoms with Crippen LogP contribution in [-0.4, -0.2) is 19.5 Å². The van der Waals surface area contributed by atoms with Gasteiger partial charge in [0.2, 0.25) is 0 Å². The first-order chi connectivity index (χ1) is 9.00. The van der Waals surface area contributed by atoms with Crippen LogP contribution in [0.15, 0.2) is 36.5 Å². The molecule has 0 aromatic carbocycles. The molecular formula is C13H22BCuF4O. The van der Waals surface area contributed by atoms with Gasteiger partial charge in [-0.15, -0.1) is 0 Å². The van der Waals surface area contributed by atoms with E-state index in [-0.39, 0.29) is 17.1 Å². The maximum atomic E-state index is 9.75. The molecule has 0 spiro atoms. The van der Waals surface area contributed by atoms with Gasteiger partial charge in [-0.3, -0.25) is 0 Å². The van der Waals surface area contributed by atoms with Crippen molar-refractivity contribution in [3.8, 4) is 0 Å². The SMILES string of the molecule is C1=C\CC/C=C\CC/C=C\CC/1.CO.F[B-](F)(F)F.[Cu+]. The molecule has 20 heavy (non-hydrogen) atoms. The third-order valence-electron chi connectivity index (χ3n) is 2.00. The average Bonchev–Trinajstić information content (AvgIpc) is 2.30. The number of hydrogen-bond acceptors (Lipinski definition) is 1. The zero-order valence-electron chi connectivity index (χ0n) is 11.5. The van der Waals surface area contributed by atoms with Crippen molar-refractivity contribution in [2.24, 2.45) is 0 Å². The summed E-state index contributed by atoms with van der Waals surface area (Å²) < 4.78 is 39.0. The first-order valence-electron chi connectivity index (χ1n) is 6.27. The fourth-order valence-electron chi connectivity index (χ4n) is 1.28. The van der Waals surface area contributed by atoms with Crippen LogP contribution in [0.25, 0.3) is 0 Å². The quantitative estimate of drug-likeness (QED) is 0.376. The molecule has 122 valence electrons. The average molecular weight is 345 g/mol. The number of aliphatic hydroxyl groups excluding tert-OH is 1. The summed E-state index contributed by atoms with van der Waals surface area (Å²) in [6.07, 6.45) is 21.0. The number of hydrogen-bond donors (Lipinski definition) is 1. The fraction of sp³-hybridized carbons (Fsp3) is 0.538. The Balaban J connectivity index is -0.000000310. The van der Waals surface area contributed by atoms with Gasteiger partial charge < -0.3 is 22.4 Å². The topological polar surface area (TPSA) is 20.2 Å². The summed E-state index contributed by atoms with van der Waals surface area (Å²) in [5.41, 5.74) is 0. The van der Waals surface area contributed by atoms with Gasteiger partial charge in [-0.25, -0.2) is 0 Å². The minimum Gasteiger partial charge on any atom is -0.418 e. The zero-order valence-corrected chi connectivity index (χ0v) is 12.5. The number of halogens is 4. The maximum Gasteiger partial charge on any atom is 1.00 e. The van der Waals surface area contributed by atoms with E-state index in [4.69, 9.17) is 5.11 Å². The second-order valence-electron chi connectivity index (χ2n) is 3.64. The van der Waals surface area contributed by atoms with Crippen LogP contribution >= 0.6 is 0 Å². The molecule has 0 aromatic heterocycles. The molecule has 0 heterocycles. The smallest absolute Gasteiger partial charge is 0.418 e. The van der Waals surface area contributed by atoms with Crippen LogP contribution in [0.4, 0.5) is 17.3 Å². The van der Waals surface area contributed by atoms with Gasteiger partial charge in [0.25, 0.3) is 0 Å². The summed E-state index contributed by atoms with van der Waals surface area (Å²) in [6.45, 7) is 0. The van der Waals surface area contributed by atoms with E-state index in [2.05, 4.69) is 36.5 Å². The molecule has 0 aromatic rings. The Kier molecular flexibility index (Phi) is 22.6. The first kappa shape index (κ1) is 24.5. The second kappa shape index (κ2) is 18.5. The Labute approximate surface area is 129 Å². The minimum absolute atomic E-state index is 0. The van der Waals surface area contributed by atoms with Gasteiger partial charge in [-0.05, 0) is 38.5 Å². The molecule has 1 aliphatic rings. The van der Waals surface area contributed by atoms with Crippen molar-refractivity contribution in [2.45, 2.75) is 38.5 Å².